The molecular weight excluding hydrogens is 190 g/mol. The van der Waals surface area contributed by atoms with Crippen LogP contribution in [0.4, 0.5) is 0 Å². The quantitative estimate of drug-likeness (QED) is 0.401. The van der Waals surface area contributed by atoms with Gasteiger partial charge in [0, 0.05) is 20.3 Å². The Kier molecular flexibility index (Phi) is 12.9. The highest BCUT2D eigenvalue weighted by atomic mass is 16.5. The fourth-order valence-corrected chi connectivity index (χ4v) is 1.59. The summed E-state index contributed by atoms with van der Waals surface area (Å²) in [6, 6.07) is 0. The Hall–Kier alpha value is -0.570. The summed E-state index contributed by atoms with van der Waals surface area (Å²) in [5, 5.41) is 2.68. The molecule has 3 heteroatoms. The van der Waals surface area contributed by atoms with Crippen LogP contribution in [0.3, 0.4) is 0 Å². The lowest BCUT2D eigenvalue weighted by molar-refractivity contribution is -0.109. The minimum atomic E-state index is 0.774. The van der Waals surface area contributed by atoms with E-state index in [-0.39, 0.29) is 0 Å². The predicted octanol–water partition coefficient (Wildman–Crippen LogP) is 2.50. The van der Waals surface area contributed by atoms with Crippen molar-refractivity contribution < 1.29 is 9.53 Å². The van der Waals surface area contributed by atoms with Crippen molar-refractivity contribution in [3.05, 3.63) is 0 Å². The number of nitrogens with one attached hydrogen (secondary N) is 1. The maximum absolute atomic E-state index is 9.94. The van der Waals surface area contributed by atoms with Gasteiger partial charge in [-0.1, -0.05) is 38.5 Å². The number of carbonyl (C=O) groups is 1. The third kappa shape index (κ3) is 13.4. The van der Waals surface area contributed by atoms with Gasteiger partial charge >= 0.3 is 0 Å². The Morgan fingerprint density at radius 2 is 1.47 bits per heavy atom. The molecule has 0 radical (unpaired) electrons. The molecule has 0 atom stereocenters. The van der Waals surface area contributed by atoms with Crippen LogP contribution in [0, 0.1) is 0 Å². The summed E-state index contributed by atoms with van der Waals surface area (Å²) in [5.74, 6) is 0. The molecule has 0 aromatic carbocycles. The van der Waals surface area contributed by atoms with Crippen LogP contribution in [0.15, 0.2) is 0 Å². The summed E-state index contributed by atoms with van der Waals surface area (Å²) in [7, 11) is 1.76. The zero-order valence-electron chi connectivity index (χ0n) is 9.96. The second kappa shape index (κ2) is 13.4. The second-order valence-corrected chi connectivity index (χ2v) is 3.89. The molecule has 0 spiro atoms. The van der Waals surface area contributed by atoms with Crippen molar-refractivity contribution in [1.82, 2.24) is 5.32 Å². The predicted molar refractivity (Wildman–Crippen MR) is 62.9 cm³/mol. The SMILES string of the molecule is COCCCCCCCCCCNC=O. The molecule has 0 aliphatic carbocycles. The standard InChI is InChI=1S/C12H25NO2/c1-15-11-9-7-5-3-2-4-6-8-10-13-12-14/h12H,2-11H2,1H3,(H,13,14). The summed E-state index contributed by atoms with van der Waals surface area (Å²) in [4.78, 5) is 9.94. The normalized spacial score (nSPS) is 10.2. The minimum Gasteiger partial charge on any atom is -0.385 e. The van der Waals surface area contributed by atoms with Crippen LogP contribution in [-0.2, 0) is 9.53 Å². The molecule has 90 valence electrons. The van der Waals surface area contributed by atoms with Gasteiger partial charge in [-0.3, -0.25) is 4.79 Å². The van der Waals surface area contributed by atoms with Crippen molar-refractivity contribution in [3.8, 4) is 0 Å². The van der Waals surface area contributed by atoms with Gasteiger partial charge < -0.3 is 10.1 Å². The van der Waals surface area contributed by atoms with Gasteiger partial charge in [-0.05, 0) is 12.8 Å². The van der Waals surface area contributed by atoms with Gasteiger partial charge in [0.2, 0.25) is 6.41 Å². The van der Waals surface area contributed by atoms with Crippen LogP contribution in [-0.4, -0.2) is 26.7 Å². The molecule has 0 aromatic heterocycles. The summed E-state index contributed by atoms with van der Waals surface area (Å²) in [6.07, 6.45) is 10.9. The van der Waals surface area contributed by atoms with Crippen molar-refractivity contribution in [2.45, 2.75) is 51.4 Å². The maximum atomic E-state index is 9.94. The van der Waals surface area contributed by atoms with E-state index in [2.05, 4.69) is 5.32 Å². The highest BCUT2D eigenvalue weighted by molar-refractivity contribution is 5.45. The molecule has 0 heterocycles. The zero-order valence-corrected chi connectivity index (χ0v) is 9.96. The number of hydrogen-bond donors (Lipinski definition) is 1. The van der Waals surface area contributed by atoms with Crippen LogP contribution < -0.4 is 5.32 Å². The number of unbranched alkanes of at least 4 members (excludes halogenated alkanes) is 7. The first kappa shape index (κ1) is 14.4. The van der Waals surface area contributed by atoms with Gasteiger partial charge in [0.25, 0.3) is 0 Å². The van der Waals surface area contributed by atoms with Crippen molar-refractivity contribution in [1.29, 1.82) is 0 Å². The number of hydrogen-bond acceptors (Lipinski definition) is 2. The van der Waals surface area contributed by atoms with E-state index in [1.165, 1.54) is 44.9 Å². The van der Waals surface area contributed by atoms with E-state index in [0.29, 0.717) is 0 Å². The Morgan fingerprint density at radius 3 is 2.00 bits per heavy atom. The van der Waals surface area contributed by atoms with Gasteiger partial charge in [-0.15, -0.1) is 0 Å². The summed E-state index contributed by atoms with van der Waals surface area (Å²) < 4.78 is 4.99. The van der Waals surface area contributed by atoms with Crippen molar-refractivity contribution >= 4 is 6.41 Å². The molecule has 0 aliphatic rings. The molecular formula is C12H25NO2. The average Bonchev–Trinajstić information content (AvgIpc) is 2.26. The van der Waals surface area contributed by atoms with Gasteiger partial charge in [0.05, 0.1) is 0 Å². The fraction of sp³-hybridized carbons (Fsp3) is 0.917. The van der Waals surface area contributed by atoms with E-state index in [9.17, 15) is 4.79 Å². The van der Waals surface area contributed by atoms with Crippen LogP contribution >= 0.6 is 0 Å². The van der Waals surface area contributed by atoms with E-state index in [0.717, 1.165) is 26.0 Å². The largest absolute Gasteiger partial charge is 0.385 e. The lowest BCUT2D eigenvalue weighted by Crippen LogP contribution is -2.11. The third-order valence-electron chi connectivity index (χ3n) is 2.50. The van der Waals surface area contributed by atoms with Gasteiger partial charge in [0.1, 0.15) is 0 Å². The summed E-state index contributed by atoms with van der Waals surface area (Å²) in [5.41, 5.74) is 0. The highest BCUT2D eigenvalue weighted by Crippen LogP contribution is 2.08. The first-order valence-corrected chi connectivity index (χ1v) is 6.07. The lowest BCUT2D eigenvalue weighted by atomic mass is 10.1. The molecule has 3 nitrogen and oxygen atoms in total. The smallest absolute Gasteiger partial charge is 0.207 e. The van der Waals surface area contributed by atoms with Crippen LogP contribution in [0.2, 0.25) is 0 Å². The van der Waals surface area contributed by atoms with E-state index in [4.69, 9.17) is 4.74 Å². The van der Waals surface area contributed by atoms with Crippen LogP contribution in [0.1, 0.15) is 51.4 Å². The Labute approximate surface area is 93.6 Å². The molecule has 0 aromatic rings. The molecule has 1 amide bonds. The average molecular weight is 215 g/mol. The fourth-order valence-electron chi connectivity index (χ4n) is 1.59. The van der Waals surface area contributed by atoms with Gasteiger partial charge in [-0.25, -0.2) is 0 Å². The van der Waals surface area contributed by atoms with E-state index >= 15 is 0 Å². The minimum absolute atomic E-state index is 0.774. The molecule has 0 unspecified atom stereocenters. The van der Waals surface area contributed by atoms with Crippen LogP contribution in [0.5, 0.6) is 0 Å². The van der Waals surface area contributed by atoms with Gasteiger partial charge in [0.15, 0.2) is 0 Å². The van der Waals surface area contributed by atoms with Crippen molar-refractivity contribution in [2.75, 3.05) is 20.3 Å². The number of ether oxygens (including phenoxy) is 1. The molecule has 0 bridgehead atoms. The first-order chi connectivity index (χ1) is 7.41. The number of amides is 1. The monoisotopic (exact) mass is 215 g/mol. The molecule has 1 N–H and O–H groups in total. The number of methoxy groups -OCH3 is 1. The molecule has 0 fully saturated rings. The molecule has 0 rings (SSSR count). The first-order valence-electron chi connectivity index (χ1n) is 6.07. The maximum Gasteiger partial charge on any atom is 0.207 e. The molecule has 0 aliphatic heterocycles. The second-order valence-electron chi connectivity index (χ2n) is 3.89. The van der Waals surface area contributed by atoms with E-state index in [1.54, 1.807) is 7.11 Å². The van der Waals surface area contributed by atoms with Crippen LogP contribution in [0.25, 0.3) is 0 Å². The van der Waals surface area contributed by atoms with Crippen molar-refractivity contribution in [3.63, 3.8) is 0 Å². The van der Waals surface area contributed by atoms with E-state index in [1.807, 2.05) is 0 Å². The Morgan fingerprint density at radius 1 is 0.933 bits per heavy atom. The number of rotatable bonds is 12. The van der Waals surface area contributed by atoms with Gasteiger partial charge in [-0.2, -0.15) is 0 Å². The Balaban J connectivity index is 2.83. The third-order valence-corrected chi connectivity index (χ3v) is 2.50. The topological polar surface area (TPSA) is 38.3 Å². The highest BCUT2D eigenvalue weighted by Gasteiger charge is 1.92. The lowest BCUT2D eigenvalue weighted by Gasteiger charge is -2.02. The number of carbonyl (C=O) groups excluding carboxylic acids is 1. The van der Waals surface area contributed by atoms with Crippen molar-refractivity contribution in [2.24, 2.45) is 0 Å². The summed E-state index contributed by atoms with van der Waals surface area (Å²) in [6.45, 7) is 1.73. The summed E-state index contributed by atoms with van der Waals surface area (Å²) >= 11 is 0. The molecule has 0 saturated heterocycles. The Bertz CT molecular complexity index is 129. The molecule has 15 heavy (non-hydrogen) atoms. The molecule has 0 saturated carbocycles. The van der Waals surface area contributed by atoms with E-state index < -0.39 is 0 Å². The zero-order chi connectivity index (χ0) is 11.2.